The van der Waals surface area contributed by atoms with Crippen molar-refractivity contribution in [1.29, 1.82) is 0 Å². The van der Waals surface area contributed by atoms with E-state index in [9.17, 15) is 4.79 Å². The van der Waals surface area contributed by atoms with Crippen molar-refractivity contribution < 1.29 is 4.79 Å². The number of pyridine rings is 2. The molecule has 0 saturated heterocycles. The van der Waals surface area contributed by atoms with Crippen LogP contribution < -0.4 is 10.2 Å². The number of hydrogen-bond acceptors (Lipinski definition) is 5. The van der Waals surface area contributed by atoms with E-state index in [0.717, 1.165) is 12.4 Å². The summed E-state index contributed by atoms with van der Waals surface area (Å²) in [6, 6.07) is 9.56. The van der Waals surface area contributed by atoms with Crippen molar-refractivity contribution in [2.75, 3.05) is 16.8 Å². The van der Waals surface area contributed by atoms with E-state index in [1.54, 1.807) is 24.7 Å². The number of amides is 1. The number of aromatic amines is 1. The van der Waals surface area contributed by atoms with E-state index in [4.69, 9.17) is 0 Å². The van der Waals surface area contributed by atoms with E-state index in [2.05, 4.69) is 51.2 Å². The molecule has 0 radical (unpaired) electrons. The Morgan fingerprint density at radius 2 is 2.04 bits per heavy atom. The van der Waals surface area contributed by atoms with Crippen LogP contribution in [-0.4, -0.2) is 38.7 Å². The Morgan fingerprint density at radius 1 is 1.19 bits per heavy atom. The molecule has 26 heavy (non-hydrogen) atoms. The maximum atomic E-state index is 12.6. The predicted molar refractivity (Wildman–Crippen MR) is 102 cm³/mol. The Kier molecular flexibility index (Phi) is 5.26. The van der Waals surface area contributed by atoms with E-state index in [1.165, 1.54) is 0 Å². The third-order valence-electron chi connectivity index (χ3n) is 4.08. The third kappa shape index (κ3) is 3.72. The van der Waals surface area contributed by atoms with Gasteiger partial charge in [0.1, 0.15) is 11.5 Å². The molecule has 0 aromatic carbocycles. The van der Waals surface area contributed by atoms with Gasteiger partial charge in [-0.3, -0.25) is 14.9 Å². The fourth-order valence-electron chi connectivity index (χ4n) is 2.76. The smallest absolute Gasteiger partial charge is 0.257 e. The SMILES string of the molecule is CCN(c1ccc(C(=O)Nc2cn[nH]c2-c2ccccn2)cn1)C(C)C. The quantitative estimate of drug-likeness (QED) is 0.712. The van der Waals surface area contributed by atoms with Crippen molar-refractivity contribution in [2.45, 2.75) is 26.8 Å². The van der Waals surface area contributed by atoms with E-state index in [1.807, 2.05) is 24.3 Å². The summed E-state index contributed by atoms with van der Waals surface area (Å²) in [5.74, 6) is 0.617. The second-order valence-electron chi connectivity index (χ2n) is 6.11. The number of nitrogens with one attached hydrogen (secondary N) is 2. The predicted octanol–water partition coefficient (Wildman–Crippen LogP) is 3.35. The first-order valence-electron chi connectivity index (χ1n) is 8.59. The zero-order chi connectivity index (χ0) is 18.5. The minimum Gasteiger partial charge on any atom is -0.354 e. The van der Waals surface area contributed by atoms with E-state index < -0.39 is 0 Å². The monoisotopic (exact) mass is 350 g/mol. The van der Waals surface area contributed by atoms with Gasteiger partial charge in [0, 0.05) is 25.0 Å². The van der Waals surface area contributed by atoms with Crippen molar-refractivity contribution in [3.63, 3.8) is 0 Å². The van der Waals surface area contributed by atoms with Gasteiger partial charge in [-0.2, -0.15) is 5.10 Å². The molecule has 3 aromatic rings. The molecular weight excluding hydrogens is 328 g/mol. The molecule has 0 fully saturated rings. The van der Waals surface area contributed by atoms with Crippen LogP contribution in [0.2, 0.25) is 0 Å². The highest BCUT2D eigenvalue weighted by molar-refractivity contribution is 6.05. The molecule has 0 aliphatic rings. The molecule has 3 aromatic heterocycles. The van der Waals surface area contributed by atoms with Crippen molar-refractivity contribution in [3.05, 3.63) is 54.5 Å². The lowest BCUT2D eigenvalue weighted by Crippen LogP contribution is -2.31. The fourth-order valence-corrected chi connectivity index (χ4v) is 2.76. The van der Waals surface area contributed by atoms with Crippen LogP contribution in [0.25, 0.3) is 11.4 Å². The lowest BCUT2D eigenvalue weighted by Gasteiger charge is -2.26. The minimum absolute atomic E-state index is 0.241. The zero-order valence-electron chi connectivity index (χ0n) is 15.1. The van der Waals surface area contributed by atoms with Crippen molar-refractivity contribution in [2.24, 2.45) is 0 Å². The maximum Gasteiger partial charge on any atom is 0.257 e. The Morgan fingerprint density at radius 3 is 2.65 bits per heavy atom. The van der Waals surface area contributed by atoms with Crippen LogP contribution in [0.15, 0.2) is 48.9 Å². The Bertz CT molecular complexity index is 857. The Hall–Kier alpha value is -3.22. The summed E-state index contributed by atoms with van der Waals surface area (Å²) >= 11 is 0. The summed E-state index contributed by atoms with van der Waals surface area (Å²) in [6.07, 6.45) is 4.86. The number of aromatic nitrogens is 4. The van der Waals surface area contributed by atoms with Gasteiger partial charge in [0.25, 0.3) is 5.91 Å². The highest BCUT2D eigenvalue weighted by Crippen LogP contribution is 2.23. The molecule has 7 heteroatoms. The van der Waals surface area contributed by atoms with Crippen LogP contribution >= 0.6 is 0 Å². The molecule has 0 aliphatic heterocycles. The summed E-state index contributed by atoms with van der Waals surface area (Å²) < 4.78 is 0. The molecule has 3 rings (SSSR count). The van der Waals surface area contributed by atoms with Gasteiger partial charge in [0.05, 0.1) is 23.1 Å². The van der Waals surface area contributed by atoms with Crippen molar-refractivity contribution in [1.82, 2.24) is 20.2 Å². The fraction of sp³-hybridized carbons (Fsp3) is 0.263. The molecule has 1 amide bonds. The highest BCUT2D eigenvalue weighted by Gasteiger charge is 2.15. The minimum atomic E-state index is -0.241. The average Bonchev–Trinajstić information content (AvgIpc) is 3.11. The molecule has 0 atom stereocenters. The molecule has 3 heterocycles. The van der Waals surface area contributed by atoms with E-state index in [-0.39, 0.29) is 5.91 Å². The summed E-state index contributed by atoms with van der Waals surface area (Å²) in [4.78, 5) is 23.4. The maximum absolute atomic E-state index is 12.6. The second kappa shape index (κ2) is 7.77. The molecule has 0 saturated carbocycles. The lowest BCUT2D eigenvalue weighted by molar-refractivity contribution is 0.102. The van der Waals surface area contributed by atoms with Crippen LogP contribution in [0.1, 0.15) is 31.1 Å². The summed E-state index contributed by atoms with van der Waals surface area (Å²) in [5.41, 5.74) is 2.45. The third-order valence-corrected chi connectivity index (χ3v) is 4.08. The number of nitrogens with zero attached hydrogens (tertiary/aromatic N) is 4. The van der Waals surface area contributed by atoms with Crippen molar-refractivity contribution in [3.8, 4) is 11.4 Å². The van der Waals surface area contributed by atoms with Gasteiger partial charge in [0.15, 0.2) is 0 Å². The van der Waals surface area contributed by atoms with Gasteiger partial charge in [-0.25, -0.2) is 4.98 Å². The molecule has 0 unspecified atom stereocenters. The van der Waals surface area contributed by atoms with Gasteiger partial charge in [0.2, 0.25) is 0 Å². The first-order chi connectivity index (χ1) is 12.6. The number of hydrogen-bond donors (Lipinski definition) is 2. The van der Waals surface area contributed by atoms with Gasteiger partial charge < -0.3 is 10.2 Å². The molecule has 0 spiro atoms. The molecule has 0 bridgehead atoms. The zero-order valence-corrected chi connectivity index (χ0v) is 15.1. The number of carbonyl (C=O) groups is 1. The highest BCUT2D eigenvalue weighted by atomic mass is 16.1. The van der Waals surface area contributed by atoms with E-state index in [0.29, 0.717) is 28.7 Å². The van der Waals surface area contributed by atoms with Gasteiger partial charge in [-0.15, -0.1) is 0 Å². The lowest BCUT2D eigenvalue weighted by atomic mass is 10.2. The van der Waals surface area contributed by atoms with Crippen molar-refractivity contribution >= 4 is 17.4 Å². The average molecular weight is 350 g/mol. The van der Waals surface area contributed by atoms with Gasteiger partial charge in [-0.05, 0) is 45.0 Å². The first kappa shape index (κ1) is 17.6. The normalized spacial score (nSPS) is 10.8. The topological polar surface area (TPSA) is 86.8 Å². The summed E-state index contributed by atoms with van der Waals surface area (Å²) in [7, 11) is 0. The Labute approximate surface area is 152 Å². The number of anilines is 2. The van der Waals surface area contributed by atoms with Gasteiger partial charge >= 0.3 is 0 Å². The largest absolute Gasteiger partial charge is 0.354 e. The number of rotatable bonds is 6. The van der Waals surface area contributed by atoms with Crippen LogP contribution in [0, 0.1) is 0 Å². The summed E-state index contributed by atoms with van der Waals surface area (Å²) in [6.45, 7) is 7.17. The summed E-state index contributed by atoms with van der Waals surface area (Å²) in [5, 5.41) is 9.75. The van der Waals surface area contributed by atoms with Crippen LogP contribution in [0.3, 0.4) is 0 Å². The van der Waals surface area contributed by atoms with Gasteiger partial charge in [-0.1, -0.05) is 6.07 Å². The molecule has 134 valence electrons. The Balaban J connectivity index is 1.76. The standard InChI is InChI=1S/C19H22N6O/c1-4-25(13(2)3)17-9-8-14(11-21-17)19(26)23-16-12-22-24-18(16)15-7-5-6-10-20-15/h5-13H,4H2,1-3H3,(H,22,24)(H,23,26). The first-order valence-corrected chi connectivity index (χ1v) is 8.59. The number of carbonyl (C=O) groups excluding carboxylic acids is 1. The molecule has 7 nitrogen and oxygen atoms in total. The van der Waals surface area contributed by atoms with Crippen LogP contribution in [-0.2, 0) is 0 Å². The van der Waals surface area contributed by atoms with Crippen LogP contribution in [0.5, 0.6) is 0 Å². The molecule has 2 N–H and O–H groups in total. The molecule has 0 aliphatic carbocycles. The molecular formula is C19H22N6O. The van der Waals surface area contributed by atoms with Crippen LogP contribution in [0.4, 0.5) is 11.5 Å². The van der Waals surface area contributed by atoms with E-state index >= 15 is 0 Å². The second-order valence-corrected chi connectivity index (χ2v) is 6.11. The number of H-pyrrole nitrogens is 1.